The summed E-state index contributed by atoms with van der Waals surface area (Å²) in [5.41, 5.74) is -0.259. The summed E-state index contributed by atoms with van der Waals surface area (Å²) in [6.45, 7) is 1.17. The second kappa shape index (κ2) is 5.82. The summed E-state index contributed by atoms with van der Waals surface area (Å²) in [7, 11) is 0. The minimum Gasteiger partial charge on any atom is -0.461 e. The lowest BCUT2D eigenvalue weighted by molar-refractivity contribution is -0.189. The fraction of sp³-hybridized carbons (Fsp3) is 0.364. The predicted octanol–water partition coefficient (Wildman–Crippen LogP) is 3.23. The second-order valence-corrected chi connectivity index (χ2v) is 4.32. The van der Waals surface area contributed by atoms with Gasteiger partial charge in [0.2, 0.25) is 0 Å². The van der Waals surface area contributed by atoms with Crippen LogP contribution in [0.4, 0.5) is 8.78 Å². The summed E-state index contributed by atoms with van der Waals surface area (Å²) >= 11 is 11.3. The minimum absolute atomic E-state index is 0.0798. The van der Waals surface area contributed by atoms with Crippen LogP contribution in [0.5, 0.6) is 0 Å². The number of benzene rings is 1. The summed E-state index contributed by atoms with van der Waals surface area (Å²) < 4.78 is 31.3. The lowest BCUT2D eigenvalue weighted by Gasteiger charge is -2.21. The number of carbonyl (C=O) groups excluding carboxylic acids is 1. The van der Waals surface area contributed by atoms with E-state index >= 15 is 0 Å². The van der Waals surface area contributed by atoms with Crippen LogP contribution in [0, 0.1) is 0 Å². The number of ether oxygens (including phenoxy) is 1. The van der Waals surface area contributed by atoms with E-state index in [4.69, 9.17) is 23.2 Å². The van der Waals surface area contributed by atoms with Crippen LogP contribution in [-0.4, -0.2) is 23.6 Å². The Kier molecular flexibility index (Phi) is 4.90. The first kappa shape index (κ1) is 15.1. The zero-order chi connectivity index (χ0) is 13.9. The monoisotopic (exact) mass is 298 g/mol. The first-order valence-electron chi connectivity index (χ1n) is 4.98. The van der Waals surface area contributed by atoms with Gasteiger partial charge in [0.1, 0.15) is 0 Å². The van der Waals surface area contributed by atoms with Crippen LogP contribution in [0.25, 0.3) is 0 Å². The van der Waals surface area contributed by atoms with Gasteiger partial charge in [-0.2, -0.15) is 8.78 Å². The maximum atomic E-state index is 13.5. The van der Waals surface area contributed by atoms with Gasteiger partial charge in [0, 0.05) is 10.0 Å². The third-order valence-electron chi connectivity index (χ3n) is 2.09. The fourth-order valence-electron chi connectivity index (χ4n) is 1.28. The molecule has 7 heteroatoms. The molecular weight excluding hydrogens is 289 g/mol. The van der Waals surface area contributed by atoms with Crippen molar-refractivity contribution in [2.24, 2.45) is 0 Å². The average Bonchev–Trinajstić information content (AvgIpc) is 2.26. The van der Waals surface area contributed by atoms with Gasteiger partial charge in [0.15, 0.2) is 6.10 Å². The van der Waals surface area contributed by atoms with E-state index in [1.54, 1.807) is 0 Å². The number of rotatable bonds is 4. The molecule has 1 aromatic carbocycles. The van der Waals surface area contributed by atoms with E-state index in [-0.39, 0.29) is 22.2 Å². The van der Waals surface area contributed by atoms with Gasteiger partial charge in [-0.05, 0) is 30.7 Å². The molecular formula is C11H10Cl2F2O3. The number of hydrogen-bond donors (Lipinski definition) is 1. The first-order chi connectivity index (χ1) is 8.28. The average molecular weight is 299 g/mol. The molecule has 1 unspecified atom stereocenters. The molecule has 0 bridgehead atoms. The van der Waals surface area contributed by atoms with Gasteiger partial charge in [-0.1, -0.05) is 23.2 Å². The molecule has 18 heavy (non-hydrogen) atoms. The van der Waals surface area contributed by atoms with Crippen LogP contribution in [0.2, 0.25) is 10.0 Å². The zero-order valence-corrected chi connectivity index (χ0v) is 10.8. The van der Waals surface area contributed by atoms with Crippen molar-refractivity contribution in [2.45, 2.75) is 19.0 Å². The van der Waals surface area contributed by atoms with Crippen molar-refractivity contribution in [1.29, 1.82) is 0 Å². The molecule has 100 valence electrons. The van der Waals surface area contributed by atoms with Crippen LogP contribution in [0.3, 0.4) is 0 Å². The second-order valence-electron chi connectivity index (χ2n) is 3.45. The van der Waals surface area contributed by atoms with Crippen LogP contribution in [0.15, 0.2) is 18.2 Å². The Labute approximate surface area is 112 Å². The molecule has 0 aliphatic carbocycles. The van der Waals surface area contributed by atoms with Crippen LogP contribution in [-0.2, 0) is 9.53 Å². The fourth-order valence-corrected chi connectivity index (χ4v) is 1.82. The predicted molar refractivity (Wildman–Crippen MR) is 63.0 cm³/mol. The topological polar surface area (TPSA) is 46.5 Å². The van der Waals surface area contributed by atoms with Crippen molar-refractivity contribution >= 4 is 29.2 Å². The molecule has 3 nitrogen and oxygen atoms in total. The summed E-state index contributed by atoms with van der Waals surface area (Å²) in [6.07, 6.45) is -2.37. The number of carbonyl (C=O) groups is 1. The molecule has 0 saturated heterocycles. The lowest BCUT2D eigenvalue weighted by atomic mass is 10.0. The molecule has 1 atom stereocenters. The van der Waals surface area contributed by atoms with Gasteiger partial charge in [-0.25, -0.2) is 4.79 Å². The molecule has 0 aliphatic heterocycles. The van der Waals surface area contributed by atoms with Gasteiger partial charge in [-0.15, -0.1) is 0 Å². The number of esters is 1. The number of aliphatic hydroxyl groups excluding tert-OH is 1. The largest absolute Gasteiger partial charge is 0.461 e. The number of hydrogen-bond acceptors (Lipinski definition) is 3. The van der Waals surface area contributed by atoms with Crippen molar-refractivity contribution in [3.63, 3.8) is 0 Å². The van der Waals surface area contributed by atoms with Crippen LogP contribution >= 0.6 is 23.2 Å². The third-order valence-corrected chi connectivity index (χ3v) is 2.53. The lowest BCUT2D eigenvalue weighted by Crippen LogP contribution is -2.37. The van der Waals surface area contributed by atoms with Gasteiger partial charge in [0.05, 0.1) is 6.61 Å². The van der Waals surface area contributed by atoms with Crippen molar-refractivity contribution in [3.8, 4) is 0 Å². The molecule has 0 aliphatic rings. The van der Waals surface area contributed by atoms with E-state index in [0.717, 1.165) is 12.1 Å². The highest BCUT2D eigenvalue weighted by Crippen LogP contribution is 2.34. The molecule has 0 fully saturated rings. The van der Waals surface area contributed by atoms with Gasteiger partial charge in [-0.3, -0.25) is 0 Å². The summed E-state index contributed by atoms with van der Waals surface area (Å²) in [5, 5.41) is 9.69. The Bertz CT molecular complexity index is 432. The van der Waals surface area contributed by atoms with Gasteiger partial charge >= 0.3 is 11.9 Å². The summed E-state index contributed by atoms with van der Waals surface area (Å²) in [5.74, 6) is -5.86. The van der Waals surface area contributed by atoms with E-state index in [1.165, 1.54) is 13.0 Å². The number of halogens is 4. The highest BCUT2D eigenvalue weighted by molar-refractivity contribution is 6.34. The Hall–Kier alpha value is -0.910. The maximum Gasteiger partial charge on any atom is 0.380 e. The standard InChI is InChI=1S/C11H10Cl2F2O3/c1-2-18-10(17)11(14,15)9(16)6-3-7(12)5-8(13)4-6/h3-5,9,16H,2H2,1H3. The van der Waals surface area contributed by atoms with E-state index in [0.29, 0.717) is 0 Å². The van der Waals surface area contributed by atoms with Crippen LogP contribution in [0.1, 0.15) is 18.6 Å². The Morgan fingerprint density at radius 3 is 2.33 bits per heavy atom. The highest BCUT2D eigenvalue weighted by Gasteiger charge is 2.49. The highest BCUT2D eigenvalue weighted by atomic mass is 35.5. The molecule has 0 radical (unpaired) electrons. The maximum absolute atomic E-state index is 13.5. The van der Waals surface area contributed by atoms with E-state index in [1.807, 2.05) is 0 Å². The Morgan fingerprint density at radius 2 is 1.89 bits per heavy atom. The van der Waals surface area contributed by atoms with Crippen molar-refractivity contribution in [2.75, 3.05) is 6.61 Å². The van der Waals surface area contributed by atoms with Crippen molar-refractivity contribution in [3.05, 3.63) is 33.8 Å². The van der Waals surface area contributed by atoms with E-state index in [2.05, 4.69) is 4.74 Å². The molecule has 0 saturated carbocycles. The molecule has 0 aromatic heterocycles. The molecule has 1 rings (SSSR count). The molecule has 0 heterocycles. The quantitative estimate of drug-likeness (QED) is 0.868. The Balaban J connectivity index is 3.04. The first-order valence-corrected chi connectivity index (χ1v) is 5.73. The number of alkyl halides is 2. The van der Waals surface area contributed by atoms with Crippen molar-refractivity contribution < 1.29 is 23.4 Å². The molecule has 1 N–H and O–H groups in total. The van der Waals surface area contributed by atoms with E-state index < -0.39 is 18.0 Å². The molecule has 1 aromatic rings. The smallest absolute Gasteiger partial charge is 0.380 e. The molecule has 0 spiro atoms. The van der Waals surface area contributed by atoms with Crippen LogP contribution < -0.4 is 0 Å². The minimum atomic E-state index is -4.07. The normalized spacial score (nSPS) is 13.2. The van der Waals surface area contributed by atoms with Crippen molar-refractivity contribution in [1.82, 2.24) is 0 Å². The summed E-state index contributed by atoms with van der Waals surface area (Å²) in [6, 6.07) is 3.53. The van der Waals surface area contributed by atoms with E-state index in [9.17, 15) is 18.7 Å². The Morgan fingerprint density at radius 1 is 1.39 bits per heavy atom. The van der Waals surface area contributed by atoms with Gasteiger partial charge in [0.25, 0.3) is 0 Å². The zero-order valence-electron chi connectivity index (χ0n) is 9.29. The number of aliphatic hydroxyl groups is 1. The SMILES string of the molecule is CCOC(=O)C(F)(F)C(O)c1cc(Cl)cc(Cl)c1. The summed E-state index contributed by atoms with van der Waals surface area (Å²) in [4.78, 5) is 11.1. The third kappa shape index (κ3) is 3.31. The van der Waals surface area contributed by atoms with Gasteiger partial charge < -0.3 is 9.84 Å². The molecule has 0 amide bonds.